The van der Waals surface area contributed by atoms with E-state index in [0.717, 1.165) is 32.2 Å². The zero-order valence-corrected chi connectivity index (χ0v) is 8.15. The third kappa shape index (κ3) is 7.54. The van der Waals surface area contributed by atoms with Gasteiger partial charge in [0.05, 0.1) is 0 Å². The molecule has 1 amide bonds. The van der Waals surface area contributed by atoms with Crippen molar-refractivity contribution in [3.63, 3.8) is 0 Å². The molecular formula is C9H20N2O. The first-order valence-corrected chi connectivity index (χ1v) is 4.83. The van der Waals surface area contributed by atoms with E-state index in [0.29, 0.717) is 6.42 Å². The smallest absolute Gasteiger partial charge is 0.234 e. The highest BCUT2D eigenvalue weighted by Crippen LogP contribution is 1.97. The molecule has 0 bridgehead atoms. The molecule has 0 unspecified atom stereocenters. The van der Waals surface area contributed by atoms with Gasteiger partial charge in [0, 0.05) is 13.0 Å². The van der Waals surface area contributed by atoms with Crippen LogP contribution in [0.2, 0.25) is 0 Å². The van der Waals surface area contributed by atoms with Gasteiger partial charge < -0.3 is 0 Å². The fourth-order valence-corrected chi connectivity index (χ4v) is 0.884. The summed E-state index contributed by atoms with van der Waals surface area (Å²) in [6, 6.07) is 0. The van der Waals surface area contributed by atoms with E-state index in [4.69, 9.17) is 0 Å². The Morgan fingerprint density at radius 1 is 1.17 bits per heavy atom. The molecule has 0 rings (SSSR count). The molecule has 12 heavy (non-hydrogen) atoms. The SMILES string of the molecule is CCCCCC(=O)NNCCC. The molecule has 0 heterocycles. The molecule has 0 aliphatic heterocycles. The lowest BCUT2D eigenvalue weighted by Gasteiger charge is -2.04. The number of hydrogen-bond acceptors (Lipinski definition) is 2. The van der Waals surface area contributed by atoms with Crippen molar-refractivity contribution in [1.82, 2.24) is 10.9 Å². The van der Waals surface area contributed by atoms with E-state index in [2.05, 4.69) is 24.7 Å². The topological polar surface area (TPSA) is 41.1 Å². The third-order valence-corrected chi connectivity index (χ3v) is 1.61. The predicted octanol–water partition coefficient (Wildman–Crippen LogP) is 1.60. The second-order valence-electron chi connectivity index (χ2n) is 2.93. The Labute approximate surface area is 74.9 Å². The van der Waals surface area contributed by atoms with Crippen LogP contribution in [0.4, 0.5) is 0 Å². The van der Waals surface area contributed by atoms with Crippen LogP contribution in [0.15, 0.2) is 0 Å². The van der Waals surface area contributed by atoms with E-state index >= 15 is 0 Å². The second-order valence-corrected chi connectivity index (χ2v) is 2.93. The highest BCUT2D eigenvalue weighted by atomic mass is 16.2. The Morgan fingerprint density at radius 2 is 1.92 bits per heavy atom. The number of hydrazine groups is 1. The minimum Gasteiger partial charge on any atom is -0.292 e. The molecular weight excluding hydrogens is 152 g/mol. The molecule has 0 aliphatic carbocycles. The van der Waals surface area contributed by atoms with Gasteiger partial charge in [-0.3, -0.25) is 10.2 Å². The summed E-state index contributed by atoms with van der Waals surface area (Å²) in [5.41, 5.74) is 5.52. The Balaban J connectivity index is 3.10. The molecule has 3 heteroatoms. The third-order valence-electron chi connectivity index (χ3n) is 1.61. The number of unbranched alkanes of at least 4 members (excludes halogenated alkanes) is 2. The normalized spacial score (nSPS) is 9.83. The lowest BCUT2D eigenvalue weighted by Crippen LogP contribution is -2.37. The second kappa shape index (κ2) is 8.53. The van der Waals surface area contributed by atoms with Gasteiger partial charge in [0.25, 0.3) is 0 Å². The van der Waals surface area contributed by atoms with Gasteiger partial charge in [0.2, 0.25) is 5.91 Å². The molecule has 0 saturated heterocycles. The van der Waals surface area contributed by atoms with Crippen molar-refractivity contribution in [1.29, 1.82) is 0 Å². The highest BCUT2D eigenvalue weighted by Gasteiger charge is 1.97. The molecule has 2 N–H and O–H groups in total. The van der Waals surface area contributed by atoms with Crippen molar-refractivity contribution < 1.29 is 4.79 Å². The summed E-state index contributed by atoms with van der Waals surface area (Å²) in [4.78, 5) is 11.0. The van der Waals surface area contributed by atoms with Crippen LogP contribution in [0.1, 0.15) is 46.0 Å². The molecule has 0 spiro atoms. The first-order chi connectivity index (χ1) is 5.81. The Bertz CT molecular complexity index is 103. The van der Waals surface area contributed by atoms with E-state index in [-0.39, 0.29) is 5.91 Å². The average Bonchev–Trinajstić information content (AvgIpc) is 2.06. The summed E-state index contributed by atoms with van der Waals surface area (Å²) in [6.07, 6.45) is 4.98. The number of carbonyl (C=O) groups is 1. The highest BCUT2D eigenvalue weighted by molar-refractivity contribution is 5.75. The van der Waals surface area contributed by atoms with Crippen LogP contribution >= 0.6 is 0 Å². The molecule has 0 atom stereocenters. The summed E-state index contributed by atoms with van der Waals surface area (Å²) in [6.45, 7) is 5.04. The number of carbonyl (C=O) groups excluding carboxylic acids is 1. The summed E-state index contributed by atoms with van der Waals surface area (Å²) in [5, 5.41) is 0. The van der Waals surface area contributed by atoms with Gasteiger partial charge in [-0.2, -0.15) is 0 Å². The van der Waals surface area contributed by atoms with Crippen molar-refractivity contribution in [3.8, 4) is 0 Å². The predicted molar refractivity (Wildman–Crippen MR) is 50.6 cm³/mol. The first kappa shape index (κ1) is 11.4. The van der Waals surface area contributed by atoms with Crippen LogP contribution in [0.5, 0.6) is 0 Å². The van der Waals surface area contributed by atoms with Crippen LogP contribution in [0.25, 0.3) is 0 Å². The lowest BCUT2D eigenvalue weighted by atomic mass is 10.2. The standard InChI is InChI=1S/C9H20N2O/c1-3-5-6-7-9(12)11-10-8-4-2/h10H,3-8H2,1-2H3,(H,11,12). The molecule has 0 aromatic rings. The lowest BCUT2D eigenvalue weighted by molar-refractivity contribution is -0.122. The zero-order chi connectivity index (χ0) is 9.23. The summed E-state index contributed by atoms with van der Waals surface area (Å²) < 4.78 is 0. The maximum Gasteiger partial charge on any atom is 0.234 e. The number of rotatable bonds is 7. The van der Waals surface area contributed by atoms with Gasteiger partial charge in [-0.25, -0.2) is 5.43 Å². The van der Waals surface area contributed by atoms with Crippen LogP contribution < -0.4 is 10.9 Å². The largest absolute Gasteiger partial charge is 0.292 e. The van der Waals surface area contributed by atoms with E-state index in [9.17, 15) is 4.79 Å². The van der Waals surface area contributed by atoms with E-state index in [1.165, 1.54) is 0 Å². The van der Waals surface area contributed by atoms with Crippen molar-refractivity contribution in [3.05, 3.63) is 0 Å². The molecule has 3 nitrogen and oxygen atoms in total. The van der Waals surface area contributed by atoms with Gasteiger partial charge in [-0.05, 0) is 12.8 Å². The first-order valence-electron chi connectivity index (χ1n) is 4.83. The van der Waals surface area contributed by atoms with Crippen molar-refractivity contribution in [2.45, 2.75) is 46.0 Å². The Hall–Kier alpha value is -0.570. The maximum absolute atomic E-state index is 11.0. The van der Waals surface area contributed by atoms with Crippen LogP contribution in [-0.2, 0) is 4.79 Å². The molecule has 0 fully saturated rings. The average molecular weight is 172 g/mol. The van der Waals surface area contributed by atoms with Gasteiger partial charge in [-0.1, -0.05) is 26.7 Å². The van der Waals surface area contributed by atoms with Gasteiger partial charge in [0.1, 0.15) is 0 Å². The van der Waals surface area contributed by atoms with Gasteiger partial charge >= 0.3 is 0 Å². The zero-order valence-electron chi connectivity index (χ0n) is 8.15. The van der Waals surface area contributed by atoms with E-state index in [1.807, 2.05) is 0 Å². The van der Waals surface area contributed by atoms with E-state index in [1.54, 1.807) is 0 Å². The summed E-state index contributed by atoms with van der Waals surface area (Å²) in [5.74, 6) is 0.108. The van der Waals surface area contributed by atoms with E-state index < -0.39 is 0 Å². The van der Waals surface area contributed by atoms with Gasteiger partial charge in [-0.15, -0.1) is 0 Å². The monoisotopic (exact) mass is 172 g/mol. The number of nitrogens with one attached hydrogen (secondary N) is 2. The summed E-state index contributed by atoms with van der Waals surface area (Å²) in [7, 11) is 0. The molecule has 0 aromatic heterocycles. The quantitative estimate of drug-likeness (QED) is 0.452. The van der Waals surface area contributed by atoms with Crippen LogP contribution in [0, 0.1) is 0 Å². The fraction of sp³-hybridized carbons (Fsp3) is 0.889. The maximum atomic E-state index is 11.0. The van der Waals surface area contributed by atoms with Gasteiger partial charge in [0.15, 0.2) is 0 Å². The molecule has 0 radical (unpaired) electrons. The summed E-state index contributed by atoms with van der Waals surface area (Å²) >= 11 is 0. The van der Waals surface area contributed by atoms with Crippen LogP contribution in [-0.4, -0.2) is 12.5 Å². The Morgan fingerprint density at radius 3 is 2.50 bits per heavy atom. The minimum absolute atomic E-state index is 0.108. The minimum atomic E-state index is 0.108. The molecule has 0 aliphatic rings. The van der Waals surface area contributed by atoms with Crippen molar-refractivity contribution in [2.75, 3.05) is 6.54 Å². The van der Waals surface area contributed by atoms with Crippen molar-refractivity contribution >= 4 is 5.91 Å². The molecule has 0 aromatic carbocycles. The van der Waals surface area contributed by atoms with Crippen LogP contribution in [0.3, 0.4) is 0 Å². The number of hydrogen-bond donors (Lipinski definition) is 2. The Kier molecular flexibility index (Phi) is 8.12. The molecule has 72 valence electrons. The fourth-order valence-electron chi connectivity index (χ4n) is 0.884. The van der Waals surface area contributed by atoms with Crippen molar-refractivity contribution in [2.24, 2.45) is 0 Å². The molecule has 0 saturated carbocycles. The number of amides is 1.